The highest BCUT2D eigenvalue weighted by molar-refractivity contribution is 6.30. The molecule has 0 radical (unpaired) electrons. The Balaban J connectivity index is 1.92. The van der Waals surface area contributed by atoms with Gasteiger partial charge < -0.3 is 21.1 Å². The maximum atomic E-state index is 14.7. The quantitative estimate of drug-likeness (QED) is 0.747. The topological polar surface area (TPSA) is 89.3 Å². The van der Waals surface area contributed by atoms with Gasteiger partial charge in [-0.25, -0.2) is 9.37 Å². The zero-order valence-corrected chi connectivity index (χ0v) is 16.1. The van der Waals surface area contributed by atoms with Gasteiger partial charge in [0.15, 0.2) is 0 Å². The normalized spacial score (nSPS) is 24.4. The third-order valence-corrected chi connectivity index (χ3v) is 5.25. The van der Waals surface area contributed by atoms with E-state index in [1.807, 2.05) is 13.8 Å². The third-order valence-electron chi connectivity index (χ3n) is 5.02. The lowest BCUT2D eigenvalue weighted by molar-refractivity contribution is -0.164. The molecule has 6 nitrogen and oxygen atoms in total. The summed E-state index contributed by atoms with van der Waals surface area (Å²) in [5.74, 6) is -0.864. The first kappa shape index (κ1) is 19.7. The van der Waals surface area contributed by atoms with E-state index < -0.39 is 29.1 Å². The number of carbonyl (C=O) groups is 1. The van der Waals surface area contributed by atoms with Crippen LogP contribution in [0.25, 0.3) is 0 Å². The fourth-order valence-electron chi connectivity index (χ4n) is 3.09. The van der Waals surface area contributed by atoms with Crippen molar-refractivity contribution in [2.24, 2.45) is 5.73 Å². The van der Waals surface area contributed by atoms with Crippen LogP contribution in [-0.4, -0.2) is 29.2 Å². The lowest BCUT2D eigenvalue weighted by Crippen LogP contribution is -2.66. The maximum absolute atomic E-state index is 14.7. The molecule has 4 N–H and O–H groups in total. The zero-order valence-electron chi connectivity index (χ0n) is 15.3. The van der Waals surface area contributed by atoms with Crippen molar-refractivity contribution in [2.45, 2.75) is 38.1 Å². The molecule has 2 heterocycles. The molecule has 0 bridgehead atoms. The molecule has 1 amide bonds. The number of nitrogens with two attached hydrogens (primary N) is 1. The molecule has 2 atom stereocenters. The average molecular weight is 393 g/mol. The van der Waals surface area contributed by atoms with Gasteiger partial charge >= 0.3 is 0 Å². The van der Waals surface area contributed by atoms with E-state index in [2.05, 4.69) is 15.6 Å². The Bertz CT molecular complexity index is 859. The SMILES string of the molecule is CC1(C)NC[C@H](N)OC1(C)c1cc(NC(=O)c2ccc(Cl)cn2)ccc1F. The number of halogens is 2. The van der Waals surface area contributed by atoms with Crippen molar-refractivity contribution in [2.75, 3.05) is 11.9 Å². The summed E-state index contributed by atoms with van der Waals surface area (Å²) >= 11 is 5.79. The molecule has 1 aromatic heterocycles. The van der Waals surface area contributed by atoms with E-state index >= 15 is 0 Å². The van der Waals surface area contributed by atoms with Gasteiger partial charge in [0.05, 0.1) is 5.02 Å². The second kappa shape index (κ2) is 7.16. The van der Waals surface area contributed by atoms with Crippen LogP contribution in [0.2, 0.25) is 5.02 Å². The minimum atomic E-state index is -1.03. The lowest BCUT2D eigenvalue weighted by Gasteiger charge is -2.50. The number of amides is 1. The van der Waals surface area contributed by atoms with Gasteiger partial charge in [0.1, 0.15) is 23.3 Å². The number of nitrogens with zero attached hydrogens (tertiary/aromatic N) is 1. The number of pyridine rings is 1. The van der Waals surface area contributed by atoms with Gasteiger partial charge in [-0.1, -0.05) is 11.6 Å². The summed E-state index contributed by atoms with van der Waals surface area (Å²) in [5.41, 5.74) is 5.25. The Morgan fingerprint density at radius 2 is 2.11 bits per heavy atom. The molecule has 1 saturated heterocycles. The summed E-state index contributed by atoms with van der Waals surface area (Å²) in [5, 5.41) is 6.45. The second-order valence-electron chi connectivity index (χ2n) is 7.21. The van der Waals surface area contributed by atoms with Crippen LogP contribution < -0.4 is 16.4 Å². The molecule has 144 valence electrons. The molecule has 1 aliphatic heterocycles. The molecule has 2 aromatic rings. The van der Waals surface area contributed by atoms with Gasteiger partial charge in [-0.2, -0.15) is 0 Å². The monoisotopic (exact) mass is 392 g/mol. The number of aromatic nitrogens is 1. The number of hydrogen-bond acceptors (Lipinski definition) is 5. The molecule has 0 spiro atoms. The summed E-state index contributed by atoms with van der Waals surface area (Å²) in [6.07, 6.45) is 0.818. The van der Waals surface area contributed by atoms with Gasteiger partial charge in [0.2, 0.25) is 0 Å². The van der Waals surface area contributed by atoms with Crippen LogP contribution in [0.4, 0.5) is 10.1 Å². The van der Waals surface area contributed by atoms with Crippen molar-refractivity contribution in [1.29, 1.82) is 0 Å². The molecule has 3 rings (SSSR count). The number of hydrogen-bond donors (Lipinski definition) is 3. The average Bonchev–Trinajstić information content (AvgIpc) is 2.61. The molecule has 0 saturated carbocycles. The molecule has 1 aromatic carbocycles. The van der Waals surface area contributed by atoms with Crippen LogP contribution in [0.5, 0.6) is 0 Å². The summed E-state index contributed by atoms with van der Waals surface area (Å²) in [7, 11) is 0. The predicted molar refractivity (Wildman–Crippen MR) is 102 cm³/mol. The fraction of sp³-hybridized carbons (Fsp3) is 0.368. The van der Waals surface area contributed by atoms with Crippen LogP contribution in [-0.2, 0) is 10.3 Å². The number of nitrogens with one attached hydrogen (secondary N) is 2. The van der Waals surface area contributed by atoms with Crippen LogP contribution in [0.3, 0.4) is 0 Å². The molecule has 0 aliphatic carbocycles. The summed E-state index contributed by atoms with van der Waals surface area (Å²) in [6.45, 7) is 6.08. The van der Waals surface area contributed by atoms with Gasteiger partial charge in [-0.15, -0.1) is 0 Å². The van der Waals surface area contributed by atoms with Crippen LogP contribution in [0.1, 0.15) is 36.8 Å². The van der Waals surface area contributed by atoms with Gasteiger partial charge in [-0.3, -0.25) is 4.79 Å². The van der Waals surface area contributed by atoms with E-state index in [4.69, 9.17) is 22.1 Å². The van der Waals surface area contributed by atoms with E-state index in [0.717, 1.165) is 0 Å². The highest BCUT2D eigenvalue weighted by Gasteiger charge is 2.49. The second-order valence-corrected chi connectivity index (χ2v) is 7.64. The number of carbonyl (C=O) groups excluding carboxylic acids is 1. The Morgan fingerprint density at radius 3 is 2.78 bits per heavy atom. The Kier molecular flexibility index (Phi) is 5.22. The maximum Gasteiger partial charge on any atom is 0.274 e. The molecule has 1 aliphatic rings. The third kappa shape index (κ3) is 3.82. The molecule has 1 unspecified atom stereocenters. The molecule has 8 heteroatoms. The first-order valence-electron chi connectivity index (χ1n) is 8.54. The van der Waals surface area contributed by atoms with Gasteiger partial charge in [-0.05, 0) is 51.1 Å². The van der Waals surface area contributed by atoms with Crippen molar-refractivity contribution in [3.8, 4) is 0 Å². The predicted octanol–water partition coefficient (Wildman–Crippen LogP) is 3.02. The molecular weight excluding hydrogens is 371 g/mol. The minimum Gasteiger partial charge on any atom is -0.349 e. The van der Waals surface area contributed by atoms with Crippen molar-refractivity contribution >= 4 is 23.2 Å². The number of anilines is 1. The number of rotatable bonds is 3. The summed E-state index contributed by atoms with van der Waals surface area (Å²) in [6, 6.07) is 7.43. The van der Waals surface area contributed by atoms with Crippen LogP contribution >= 0.6 is 11.6 Å². The van der Waals surface area contributed by atoms with Crippen molar-refractivity contribution in [1.82, 2.24) is 10.3 Å². The lowest BCUT2D eigenvalue weighted by atomic mass is 9.77. The molecular formula is C19H22ClFN4O2. The number of benzene rings is 1. The van der Waals surface area contributed by atoms with Crippen molar-refractivity contribution in [3.63, 3.8) is 0 Å². The minimum absolute atomic E-state index is 0.203. The van der Waals surface area contributed by atoms with E-state index in [9.17, 15) is 9.18 Å². The number of ether oxygens (including phenoxy) is 1. The smallest absolute Gasteiger partial charge is 0.274 e. The largest absolute Gasteiger partial charge is 0.349 e. The van der Waals surface area contributed by atoms with Crippen molar-refractivity contribution in [3.05, 3.63) is 58.6 Å². The fourth-order valence-corrected chi connectivity index (χ4v) is 3.20. The Labute approximate surface area is 162 Å². The first-order chi connectivity index (χ1) is 12.6. The first-order valence-corrected chi connectivity index (χ1v) is 8.91. The molecule has 27 heavy (non-hydrogen) atoms. The number of morpholine rings is 1. The Morgan fingerprint density at radius 1 is 1.37 bits per heavy atom. The van der Waals surface area contributed by atoms with Crippen LogP contribution in [0, 0.1) is 5.82 Å². The summed E-state index contributed by atoms with van der Waals surface area (Å²) in [4.78, 5) is 16.4. The van der Waals surface area contributed by atoms with Gasteiger partial charge in [0, 0.05) is 29.5 Å². The van der Waals surface area contributed by atoms with E-state index in [1.54, 1.807) is 19.1 Å². The molecule has 1 fully saturated rings. The Hall–Kier alpha value is -2.06. The van der Waals surface area contributed by atoms with E-state index in [1.165, 1.54) is 24.4 Å². The summed E-state index contributed by atoms with van der Waals surface area (Å²) < 4.78 is 20.6. The van der Waals surface area contributed by atoms with Crippen molar-refractivity contribution < 1.29 is 13.9 Å². The standard InChI is InChI=1S/C19H22ClFN4O2/c1-18(2)19(3,27-16(22)10-24-18)13-8-12(5-6-14(13)21)25-17(26)15-7-4-11(20)9-23-15/h4-9,16,24H,10,22H2,1-3H3,(H,25,26)/t16-,19?/m1/s1. The van der Waals surface area contributed by atoms with E-state index in [0.29, 0.717) is 22.8 Å². The highest BCUT2D eigenvalue weighted by atomic mass is 35.5. The zero-order chi connectivity index (χ0) is 19.8. The van der Waals surface area contributed by atoms with Gasteiger partial charge in [0.25, 0.3) is 5.91 Å². The highest BCUT2D eigenvalue weighted by Crippen LogP contribution is 2.41. The van der Waals surface area contributed by atoms with Crippen LogP contribution in [0.15, 0.2) is 36.5 Å². The van der Waals surface area contributed by atoms with E-state index in [-0.39, 0.29) is 5.69 Å².